The van der Waals surface area contributed by atoms with Crippen LogP contribution in [-0.4, -0.2) is 25.9 Å². The first-order chi connectivity index (χ1) is 12.6. The van der Waals surface area contributed by atoms with Crippen molar-refractivity contribution in [3.05, 3.63) is 28.2 Å². The molecule has 1 aromatic rings. The van der Waals surface area contributed by atoms with Gasteiger partial charge in [0.2, 0.25) is 15.9 Å². The van der Waals surface area contributed by atoms with Gasteiger partial charge in [-0.3, -0.25) is 4.79 Å². The Morgan fingerprint density at radius 2 is 1.81 bits per heavy atom. The summed E-state index contributed by atoms with van der Waals surface area (Å²) >= 11 is 12.0. The Morgan fingerprint density at radius 3 is 2.52 bits per heavy atom. The zero-order valence-corrected chi connectivity index (χ0v) is 17.7. The molecule has 4 bridgehead atoms. The minimum absolute atomic E-state index is 0.0482. The number of halogens is 2. The average Bonchev–Trinajstić information content (AvgIpc) is 2.98. The Bertz CT molecular complexity index is 883. The second-order valence-corrected chi connectivity index (χ2v) is 11.2. The zero-order valence-electron chi connectivity index (χ0n) is 15.3. The Morgan fingerprint density at radius 1 is 1.11 bits per heavy atom. The molecule has 1 unspecified atom stereocenters. The topological polar surface area (TPSA) is 75.3 Å². The van der Waals surface area contributed by atoms with Crippen LogP contribution in [0.2, 0.25) is 10.0 Å². The van der Waals surface area contributed by atoms with Gasteiger partial charge in [0.15, 0.2) is 0 Å². The smallest absolute Gasteiger partial charge is 0.243 e. The Hall–Kier alpha value is -0.820. The molecule has 5 atom stereocenters. The van der Waals surface area contributed by atoms with Gasteiger partial charge < -0.3 is 5.32 Å². The lowest BCUT2D eigenvalue weighted by Gasteiger charge is -2.35. The molecule has 4 aliphatic rings. The lowest BCUT2D eigenvalue weighted by Crippen LogP contribution is -2.58. The molecule has 4 fully saturated rings. The van der Waals surface area contributed by atoms with Crippen LogP contribution in [-0.2, 0) is 14.8 Å². The SMILES string of the molecule is CC(C)(NS(=O)(=O)c1cccc(Cl)c1Cl)C(=O)NC1[C@@H]2C[C@@H]3C[C@@H](C2)[C@@H]1C3. The second-order valence-electron chi connectivity index (χ2n) is 8.77. The van der Waals surface area contributed by atoms with Crippen molar-refractivity contribution in [3.63, 3.8) is 0 Å². The van der Waals surface area contributed by atoms with Gasteiger partial charge in [-0.2, -0.15) is 4.72 Å². The summed E-state index contributed by atoms with van der Waals surface area (Å²) in [5.41, 5.74) is -1.30. The maximum Gasteiger partial charge on any atom is 0.243 e. The summed E-state index contributed by atoms with van der Waals surface area (Å²) in [5, 5.41) is 3.26. The Kier molecular flexibility index (Phi) is 4.78. The molecule has 4 saturated carbocycles. The summed E-state index contributed by atoms with van der Waals surface area (Å²) in [4.78, 5) is 12.8. The van der Waals surface area contributed by atoms with Gasteiger partial charge in [0.25, 0.3) is 0 Å². The zero-order chi connectivity index (χ0) is 19.6. The van der Waals surface area contributed by atoms with E-state index in [0.717, 1.165) is 11.8 Å². The van der Waals surface area contributed by atoms with Crippen LogP contribution < -0.4 is 10.0 Å². The minimum Gasteiger partial charge on any atom is -0.351 e. The lowest BCUT2D eigenvalue weighted by molar-refractivity contribution is -0.127. The van der Waals surface area contributed by atoms with E-state index in [2.05, 4.69) is 10.0 Å². The predicted molar refractivity (Wildman–Crippen MR) is 105 cm³/mol. The first kappa shape index (κ1) is 19.5. The molecule has 0 heterocycles. The number of amides is 1. The number of hydrogen-bond donors (Lipinski definition) is 2. The third kappa shape index (κ3) is 3.39. The molecule has 2 N–H and O–H groups in total. The summed E-state index contributed by atoms with van der Waals surface area (Å²) in [7, 11) is -4.00. The molecule has 0 radical (unpaired) electrons. The maximum atomic E-state index is 12.9. The number of rotatable bonds is 5. The van der Waals surface area contributed by atoms with Crippen molar-refractivity contribution in [2.45, 2.75) is 56.0 Å². The normalized spacial score (nSPS) is 32.1. The first-order valence-electron chi connectivity index (χ1n) is 9.37. The Labute approximate surface area is 170 Å². The van der Waals surface area contributed by atoms with E-state index in [-0.39, 0.29) is 26.9 Å². The molecule has 1 aromatic carbocycles. The van der Waals surface area contributed by atoms with Crippen molar-refractivity contribution in [2.75, 3.05) is 0 Å². The molecule has 1 amide bonds. The number of benzene rings is 1. The molecule has 0 saturated heterocycles. The van der Waals surface area contributed by atoms with Gasteiger partial charge in [-0.15, -0.1) is 0 Å². The number of carbonyl (C=O) groups is 1. The monoisotopic (exact) mass is 430 g/mol. The van der Waals surface area contributed by atoms with Crippen LogP contribution in [0.4, 0.5) is 0 Å². The van der Waals surface area contributed by atoms with E-state index in [4.69, 9.17) is 23.2 Å². The highest BCUT2D eigenvalue weighted by molar-refractivity contribution is 7.89. The van der Waals surface area contributed by atoms with Crippen molar-refractivity contribution in [1.82, 2.24) is 10.0 Å². The summed E-state index contributed by atoms with van der Waals surface area (Å²) in [6.07, 6.45) is 4.85. The quantitative estimate of drug-likeness (QED) is 0.748. The lowest BCUT2D eigenvalue weighted by atomic mass is 9.79. The van der Waals surface area contributed by atoms with E-state index < -0.39 is 15.6 Å². The van der Waals surface area contributed by atoms with Gasteiger partial charge in [0.1, 0.15) is 10.4 Å². The van der Waals surface area contributed by atoms with Crippen LogP contribution in [0.5, 0.6) is 0 Å². The van der Waals surface area contributed by atoms with Crippen molar-refractivity contribution in [3.8, 4) is 0 Å². The van der Waals surface area contributed by atoms with Crippen molar-refractivity contribution < 1.29 is 13.2 Å². The fourth-order valence-electron chi connectivity index (χ4n) is 5.42. The minimum atomic E-state index is -4.00. The maximum absolute atomic E-state index is 12.9. The molecule has 148 valence electrons. The number of hydrogen-bond acceptors (Lipinski definition) is 3. The summed E-state index contributed by atoms with van der Waals surface area (Å²) < 4.78 is 28.1. The number of carbonyl (C=O) groups excluding carboxylic acids is 1. The van der Waals surface area contributed by atoms with Crippen LogP contribution in [0.15, 0.2) is 23.1 Å². The van der Waals surface area contributed by atoms with Crippen molar-refractivity contribution in [1.29, 1.82) is 0 Å². The molecule has 0 spiro atoms. The van der Waals surface area contributed by atoms with Crippen LogP contribution in [0.25, 0.3) is 0 Å². The molecule has 0 aliphatic heterocycles. The first-order valence-corrected chi connectivity index (χ1v) is 11.6. The van der Waals surface area contributed by atoms with Crippen LogP contribution in [0, 0.1) is 23.7 Å². The van der Waals surface area contributed by atoms with E-state index in [1.165, 1.54) is 43.9 Å². The third-order valence-electron chi connectivity index (χ3n) is 6.52. The highest BCUT2D eigenvalue weighted by Crippen LogP contribution is 2.58. The summed E-state index contributed by atoms with van der Waals surface area (Å²) in [6, 6.07) is 4.57. The van der Waals surface area contributed by atoms with E-state index in [9.17, 15) is 13.2 Å². The van der Waals surface area contributed by atoms with Gasteiger partial charge in [-0.25, -0.2) is 8.42 Å². The summed E-state index contributed by atoms with van der Waals surface area (Å²) in [5.74, 6) is 2.33. The van der Waals surface area contributed by atoms with E-state index in [1.807, 2.05) is 0 Å². The summed E-state index contributed by atoms with van der Waals surface area (Å²) in [6.45, 7) is 3.14. The van der Waals surface area contributed by atoms with Gasteiger partial charge >= 0.3 is 0 Å². The van der Waals surface area contributed by atoms with Crippen LogP contribution in [0.3, 0.4) is 0 Å². The molecular formula is C19H24Cl2N2O3S. The highest BCUT2D eigenvalue weighted by Gasteiger charge is 2.54. The predicted octanol–water partition coefficient (Wildman–Crippen LogP) is 3.60. The number of nitrogens with one attached hydrogen (secondary N) is 2. The molecule has 8 heteroatoms. The third-order valence-corrected chi connectivity index (χ3v) is 9.15. The molecule has 27 heavy (non-hydrogen) atoms. The molecular weight excluding hydrogens is 407 g/mol. The second kappa shape index (κ2) is 6.61. The van der Waals surface area contributed by atoms with E-state index >= 15 is 0 Å². The fraction of sp³-hybridized carbons (Fsp3) is 0.632. The molecule has 5 rings (SSSR count). The van der Waals surface area contributed by atoms with E-state index in [1.54, 1.807) is 13.8 Å². The molecule has 5 nitrogen and oxygen atoms in total. The van der Waals surface area contributed by atoms with Crippen LogP contribution in [0.1, 0.15) is 39.5 Å². The van der Waals surface area contributed by atoms with Gasteiger partial charge in [-0.1, -0.05) is 29.3 Å². The standard InChI is InChI=1S/C19H24Cl2N2O3S/c1-19(2,23-27(25,26)15-5-3-4-14(20)16(15)21)18(24)22-17-12-7-10-6-11(9-12)13(17)8-10/h3-5,10-13,17,23H,6-9H2,1-2H3,(H,22,24)/t10-,11-,12+,13-,17?/m0/s1. The van der Waals surface area contributed by atoms with Crippen molar-refractivity contribution >= 4 is 39.1 Å². The van der Waals surface area contributed by atoms with Gasteiger partial charge in [0.05, 0.1) is 10.0 Å². The van der Waals surface area contributed by atoms with Gasteiger partial charge in [0, 0.05) is 6.04 Å². The molecule has 0 aromatic heterocycles. The van der Waals surface area contributed by atoms with Crippen molar-refractivity contribution in [2.24, 2.45) is 23.7 Å². The Balaban J connectivity index is 1.49. The van der Waals surface area contributed by atoms with Crippen LogP contribution >= 0.6 is 23.2 Å². The fourth-order valence-corrected chi connectivity index (χ4v) is 7.56. The highest BCUT2D eigenvalue weighted by atomic mass is 35.5. The van der Waals surface area contributed by atoms with E-state index in [0.29, 0.717) is 11.8 Å². The largest absolute Gasteiger partial charge is 0.351 e. The number of sulfonamides is 1. The average molecular weight is 431 g/mol. The van der Waals surface area contributed by atoms with Gasteiger partial charge in [-0.05, 0) is 75.3 Å². The molecule has 4 aliphatic carbocycles.